The smallest absolute Gasteiger partial charge is 0.263 e. The zero-order chi connectivity index (χ0) is 20.1. The molecule has 28 heavy (non-hydrogen) atoms. The lowest BCUT2D eigenvalue weighted by molar-refractivity contribution is 0.397. The van der Waals surface area contributed by atoms with Crippen molar-refractivity contribution in [3.05, 3.63) is 83.8 Å². The Bertz CT molecular complexity index is 1100. The van der Waals surface area contributed by atoms with Crippen LogP contribution < -0.4 is 4.72 Å². The third kappa shape index (κ3) is 4.74. The molecule has 0 saturated carbocycles. The van der Waals surface area contributed by atoms with Crippen LogP contribution in [0.1, 0.15) is 5.69 Å². The van der Waals surface area contributed by atoms with Gasteiger partial charge in [0.2, 0.25) is 0 Å². The molecule has 0 aliphatic carbocycles. The van der Waals surface area contributed by atoms with Crippen molar-refractivity contribution < 1.29 is 8.42 Å². The Morgan fingerprint density at radius 2 is 1.57 bits per heavy atom. The van der Waals surface area contributed by atoms with Crippen LogP contribution in [0.5, 0.6) is 0 Å². The average molecular weight is 392 g/mol. The Labute approximate surface area is 165 Å². The van der Waals surface area contributed by atoms with Gasteiger partial charge in [0.15, 0.2) is 5.69 Å². The van der Waals surface area contributed by atoms with Gasteiger partial charge in [-0.15, -0.1) is 0 Å². The summed E-state index contributed by atoms with van der Waals surface area (Å²) in [7, 11) is 0.118. The zero-order valence-electron chi connectivity index (χ0n) is 15.6. The highest BCUT2D eigenvalue weighted by atomic mass is 32.2. The molecule has 0 aliphatic rings. The van der Waals surface area contributed by atoms with Gasteiger partial charge >= 0.3 is 0 Å². The van der Waals surface area contributed by atoms with Crippen LogP contribution in [0.15, 0.2) is 71.6 Å². The first-order chi connectivity index (χ1) is 13.4. The first kappa shape index (κ1) is 19.5. The molecule has 3 rings (SSSR count). The number of anilines is 1. The minimum atomic E-state index is -3.73. The normalized spacial score (nSPS) is 11.2. The Morgan fingerprint density at radius 1 is 0.964 bits per heavy atom. The predicted octanol–water partition coefficient (Wildman–Crippen LogP) is 4.16. The van der Waals surface area contributed by atoms with Crippen molar-refractivity contribution in [1.29, 1.82) is 0 Å². The molecule has 0 fully saturated rings. The molecule has 0 amide bonds. The van der Waals surface area contributed by atoms with Crippen molar-refractivity contribution in [2.45, 2.75) is 11.4 Å². The monoisotopic (exact) mass is 392 g/mol. The van der Waals surface area contributed by atoms with Crippen molar-refractivity contribution in [3.63, 3.8) is 0 Å². The summed E-state index contributed by atoms with van der Waals surface area (Å²) < 4.78 is 27.9. The van der Waals surface area contributed by atoms with E-state index in [1.165, 1.54) is 0 Å². The number of aromatic nitrogens is 1. The minimum Gasteiger partial charge on any atom is -0.304 e. The lowest BCUT2D eigenvalue weighted by Crippen LogP contribution is -2.16. The van der Waals surface area contributed by atoms with Gasteiger partial charge in [0, 0.05) is 6.54 Å². The number of pyridine rings is 1. The highest BCUT2D eigenvalue weighted by molar-refractivity contribution is 7.92. The maximum Gasteiger partial charge on any atom is 0.263 e. The highest BCUT2D eigenvalue weighted by Gasteiger charge is 2.15. The third-order valence-corrected chi connectivity index (χ3v) is 5.39. The first-order valence-corrected chi connectivity index (χ1v) is 10.1. The molecule has 0 bridgehead atoms. The van der Waals surface area contributed by atoms with Gasteiger partial charge in [-0.05, 0) is 49.5 Å². The van der Waals surface area contributed by atoms with Crippen LogP contribution >= 0.6 is 0 Å². The van der Waals surface area contributed by atoms with Crippen LogP contribution in [0.25, 0.3) is 16.0 Å². The van der Waals surface area contributed by atoms with Crippen LogP contribution in [-0.2, 0) is 16.6 Å². The molecule has 0 unspecified atom stereocenters. The largest absolute Gasteiger partial charge is 0.304 e. The van der Waals surface area contributed by atoms with E-state index in [1.807, 2.05) is 37.2 Å². The zero-order valence-corrected chi connectivity index (χ0v) is 16.4. The van der Waals surface area contributed by atoms with Crippen LogP contribution in [0.4, 0.5) is 11.5 Å². The molecule has 0 atom stereocenters. The number of benzene rings is 2. The number of nitrogens with one attached hydrogen (secondary N) is 1. The summed E-state index contributed by atoms with van der Waals surface area (Å²) in [6.45, 7) is 7.62. The quantitative estimate of drug-likeness (QED) is 0.640. The van der Waals surface area contributed by atoms with Crippen molar-refractivity contribution in [3.8, 4) is 11.1 Å². The summed E-state index contributed by atoms with van der Waals surface area (Å²) in [5.41, 5.74) is 3.14. The number of nitrogens with zero attached hydrogens (tertiary/aromatic N) is 3. The number of sulfonamides is 1. The summed E-state index contributed by atoms with van der Waals surface area (Å²) in [6, 6.07) is 19.0. The second-order valence-electron chi connectivity index (χ2n) is 6.54. The SMILES string of the molecule is [C-]#[N+]c1ccc(-c2ccc(S(=O)(=O)Nc3cccc(CN(C)C)n3)cc2)cc1. The fourth-order valence-electron chi connectivity index (χ4n) is 2.70. The van der Waals surface area contributed by atoms with Crippen LogP contribution in [0.3, 0.4) is 0 Å². The van der Waals surface area contributed by atoms with Crippen LogP contribution in [0, 0.1) is 6.57 Å². The fraction of sp³-hybridized carbons (Fsp3) is 0.143. The number of hydrogen-bond acceptors (Lipinski definition) is 4. The summed E-state index contributed by atoms with van der Waals surface area (Å²) >= 11 is 0. The van der Waals surface area contributed by atoms with Crippen molar-refractivity contribution >= 4 is 21.5 Å². The Morgan fingerprint density at radius 3 is 2.14 bits per heavy atom. The van der Waals surface area contributed by atoms with Gasteiger partial charge in [0.05, 0.1) is 17.2 Å². The van der Waals surface area contributed by atoms with Crippen molar-refractivity contribution in [1.82, 2.24) is 9.88 Å². The fourth-order valence-corrected chi connectivity index (χ4v) is 3.70. The van der Waals surface area contributed by atoms with Gasteiger partial charge in [-0.2, -0.15) is 0 Å². The second-order valence-corrected chi connectivity index (χ2v) is 8.22. The lowest BCUT2D eigenvalue weighted by Gasteiger charge is -2.12. The molecule has 1 N–H and O–H groups in total. The second kappa shape index (κ2) is 8.21. The summed E-state index contributed by atoms with van der Waals surface area (Å²) in [5, 5.41) is 0. The topological polar surface area (TPSA) is 66.7 Å². The van der Waals surface area contributed by atoms with E-state index >= 15 is 0 Å². The Hall–Kier alpha value is -3.21. The van der Waals surface area contributed by atoms with E-state index in [2.05, 4.69) is 14.6 Å². The first-order valence-electron chi connectivity index (χ1n) is 8.59. The van der Waals surface area contributed by atoms with E-state index < -0.39 is 10.0 Å². The van der Waals surface area contributed by atoms with Crippen molar-refractivity contribution in [2.24, 2.45) is 0 Å². The van der Waals surface area contributed by atoms with E-state index in [-0.39, 0.29) is 10.7 Å². The van der Waals surface area contributed by atoms with Crippen LogP contribution in [0.2, 0.25) is 0 Å². The van der Waals surface area contributed by atoms with E-state index in [1.54, 1.807) is 48.5 Å². The van der Waals surface area contributed by atoms with Gasteiger partial charge in [-0.25, -0.2) is 18.2 Å². The van der Waals surface area contributed by atoms with Gasteiger partial charge in [-0.1, -0.05) is 42.5 Å². The van der Waals surface area contributed by atoms with E-state index in [9.17, 15) is 8.42 Å². The standard InChI is InChI=1S/C21H20N4O2S/c1-22-18-11-7-16(8-12-18)17-9-13-20(14-10-17)28(26,27)24-21-6-4-5-19(23-21)15-25(2)3/h4-14H,15H2,2-3H3,(H,23,24). The molecule has 142 valence electrons. The van der Waals surface area contributed by atoms with Gasteiger partial charge in [-0.3, -0.25) is 4.72 Å². The summed E-state index contributed by atoms with van der Waals surface area (Å²) in [6.07, 6.45) is 0. The molecule has 6 nitrogen and oxygen atoms in total. The molecule has 1 aromatic heterocycles. The Kier molecular flexibility index (Phi) is 5.73. The molecule has 0 radical (unpaired) electrons. The maximum absolute atomic E-state index is 12.7. The summed E-state index contributed by atoms with van der Waals surface area (Å²) in [4.78, 5) is 9.84. The van der Waals surface area contributed by atoms with Crippen LogP contribution in [-0.4, -0.2) is 32.4 Å². The minimum absolute atomic E-state index is 0.161. The Balaban J connectivity index is 1.79. The van der Waals surface area contributed by atoms with E-state index in [4.69, 9.17) is 6.57 Å². The molecule has 0 spiro atoms. The number of rotatable bonds is 6. The van der Waals surface area contributed by atoms with Gasteiger partial charge in [0.1, 0.15) is 5.82 Å². The molecule has 7 heteroatoms. The summed E-state index contributed by atoms with van der Waals surface area (Å²) in [5.74, 6) is 0.290. The lowest BCUT2D eigenvalue weighted by atomic mass is 10.1. The highest BCUT2D eigenvalue weighted by Crippen LogP contribution is 2.24. The predicted molar refractivity (Wildman–Crippen MR) is 111 cm³/mol. The maximum atomic E-state index is 12.7. The molecule has 3 aromatic rings. The van der Waals surface area contributed by atoms with E-state index in [0.717, 1.165) is 16.8 Å². The van der Waals surface area contributed by atoms with Crippen molar-refractivity contribution in [2.75, 3.05) is 18.8 Å². The van der Waals surface area contributed by atoms with Gasteiger partial charge in [0.25, 0.3) is 10.0 Å². The molecule has 1 heterocycles. The third-order valence-electron chi connectivity index (χ3n) is 4.02. The average Bonchev–Trinajstić information content (AvgIpc) is 2.67. The van der Waals surface area contributed by atoms with E-state index in [0.29, 0.717) is 12.2 Å². The molecular weight excluding hydrogens is 372 g/mol. The molecule has 0 aliphatic heterocycles. The molecular formula is C21H20N4O2S. The molecule has 0 saturated heterocycles. The number of hydrogen-bond donors (Lipinski definition) is 1. The van der Waals surface area contributed by atoms with Gasteiger partial charge < -0.3 is 4.90 Å². The molecule has 2 aromatic carbocycles.